The highest BCUT2D eigenvalue weighted by atomic mass is 32.1. The highest BCUT2D eigenvalue weighted by Gasteiger charge is 2.31. The van der Waals surface area contributed by atoms with E-state index in [1.54, 1.807) is 11.3 Å². The molecule has 0 atom stereocenters. The number of amides is 1. The van der Waals surface area contributed by atoms with Gasteiger partial charge in [-0.15, -0.1) is 11.3 Å². The Bertz CT molecular complexity index is 1200. The van der Waals surface area contributed by atoms with Gasteiger partial charge in [0.25, 0.3) is 0 Å². The van der Waals surface area contributed by atoms with Gasteiger partial charge < -0.3 is 14.6 Å². The maximum atomic E-state index is 13.2. The van der Waals surface area contributed by atoms with Gasteiger partial charge in [-0.2, -0.15) is 0 Å². The van der Waals surface area contributed by atoms with Crippen molar-refractivity contribution in [2.24, 2.45) is 11.8 Å². The highest BCUT2D eigenvalue weighted by Crippen LogP contribution is 2.34. The number of carbonyl (C=O) groups is 2. The van der Waals surface area contributed by atoms with E-state index < -0.39 is 5.97 Å². The number of thiazole rings is 1. The number of rotatable bonds is 5. The molecule has 1 aromatic carbocycles. The predicted octanol–water partition coefficient (Wildman–Crippen LogP) is 4.93. The standard InChI is InChI=1S/C26H31N3O3S/c1-16-22(27-17(2)33-16)14-29-23-6-4-3-5-20(23)21-11-12-28(15-24(21)29)25(30)13-18-7-9-19(10-8-18)26(31)32/h3-6,18-19H,7-15H2,1-2H3,(H,31,32). The second-order valence-electron chi connectivity index (χ2n) is 9.59. The minimum atomic E-state index is -0.693. The molecule has 1 fully saturated rings. The number of carbonyl (C=O) groups excluding carboxylic acids is 1. The van der Waals surface area contributed by atoms with Gasteiger partial charge in [0.05, 0.1) is 29.7 Å². The maximum absolute atomic E-state index is 13.2. The number of nitrogens with zero attached hydrogens (tertiary/aromatic N) is 3. The Morgan fingerprint density at radius 1 is 1.15 bits per heavy atom. The Morgan fingerprint density at radius 2 is 1.91 bits per heavy atom. The quantitative estimate of drug-likeness (QED) is 0.580. The number of carboxylic acids is 1. The van der Waals surface area contributed by atoms with Crippen LogP contribution in [-0.4, -0.2) is 38.0 Å². The molecule has 3 heterocycles. The highest BCUT2D eigenvalue weighted by molar-refractivity contribution is 7.11. The molecule has 1 aliphatic heterocycles. The van der Waals surface area contributed by atoms with Crippen molar-refractivity contribution in [1.29, 1.82) is 0 Å². The normalized spacial score (nSPS) is 20.7. The van der Waals surface area contributed by atoms with Gasteiger partial charge in [-0.25, -0.2) is 4.98 Å². The van der Waals surface area contributed by atoms with E-state index in [1.165, 1.54) is 27.0 Å². The number of fused-ring (bicyclic) bond motifs is 3. The van der Waals surface area contributed by atoms with Crippen LogP contribution in [0, 0.1) is 25.7 Å². The van der Waals surface area contributed by atoms with Gasteiger partial charge in [0, 0.05) is 34.4 Å². The van der Waals surface area contributed by atoms with Gasteiger partial charge in [-0.05, 0) is 63.5 Å². The topological polar surface area (TPSA) is 75.4 Å². The fourth-order valence-corrected chi connectivity index (χ4v) is 6.47. The largest absolute Gasteiger partial charge is 0.481 e. The number of aromatic nitrogens is 2. The Kier molecular flexibility index (Phi) is 5.99. The smallest absolute Gasteiger partial charge is 0.306 e. The molecule has 1 N–H and O–H groups in total. The lowest BCUT2D eigenvalue weighted by Gasteiger charge is -2.31. The first kappa shape index (κ1) is 22.1. The van der Waals surface area contributed by atoms with Crippen molar-refractivity contribution in [1.82, 2.24) is 14.5 Å². The lowest BCUT2D eigenvalue weighted by Crippen LogP contribution is -2.38. The molecular formula is C26H31N3O3S. The van der Waals surface area contributed by atoms with Gasteiger partial charge in [0.1, 0.15) is 0 Å². The second kappa shape index (κ2) is 8.93. The maximum Gasteiger partial charge on any atom is 0.306 e. The molecule has 2 aromatic heterocycles. The average molecular weight is 466 g/mol. The van der Waals surface area contributed by atoms with Crippen LogP contribution in [-0.2, 0) is 29.1 Å². The van der Waals surface area contributed by atoms with Crippen molar-refractivity contribution in [2.75, 3.05) is 6.54 Å². The van der Waals surface area contributed by atoms with Crippen molar-refractivity contribution in [2.45, 2.75) is 65.5 Å². The number of aryl methyl sites for hydroxylation is 2. The van der Waals surface area contributed by atoms with Gasteiger partial charge in [0.15, 0.2) is 0 Å². The summed E-state index contributed by atoms with van der Waals surface area (Å²) in [6.45, 7) is 6.30. The van der Waals surface area contributed by atoms with Crippen molar-refractivity contribution in [3.63, 3.8) is 0 Å². The van der Waals surface area contributed by atoms with E-state index in [-0.39, 0.29) is 11.8 Å². The van der Waals surface area contributed by atoms with Crippen LogP contribution in [0.25, 0.3) is 10.9 Å². The molecule has 0 saturated heterocycles. The molecule has 1 saturated carbocycles. The van der Waals surface area contributed by atoms with Crippen LogP contribution >= 0.6 is 11.3 Å². The molecule has 0 bridgehead atoms. The predicted molar refractivity (Wildman–Crippen MR) is 129 cm³/mol. The molecule has 5 rings (SSSR count). The number of para-hydroxylation sites is 1. The molecule has 2 aliphatic rings. The number of benzene rings is 1. The van der Waals surface area contributed by atoms with Crippen LogP contribution < -0.4 is 0 Å². The van der Waals surface area contributed by atoms with Gasteiger partial charge in [-0.1, -0.05) is 18.2 Å². The Labute approximate surface area is 198 Å². The van der Waals surface area contributed by atoms with Crippen molar-refractivity contribution < 1.29 is 14.7 Å². The number of carboxylic acid groups (broad SMARTS) is 1. The molecular weight excluding hydrogens is 434 g/mol. The molecule has 0 radical (unpaired) electrons. The Hall–Kier alpha value is -2.67. The second-order valence-corrected chi connectivity index (χ2v) is 11.0. The number of aliphatic carboxylic acids is 1. The van der Waals surface area contributed by atoms with E-state index in [2.05, 4.69) is 42.7 Å². The summed E-state index contributed by atoms with van der Waals surface area (Å²) in [5, 5.41) is 11.6. The van der Waals surface area contributed by atoms with E-state index in [4.69, 9.17) is 4.98 Å². The summed E-state index contributed by atoms with van der Waals surface area (Å²) in [7, 11) is 0. The van der Waals surface area contributed by atoms with E-state index in [1.807, 2.05) is 4.90 Å². The van der Waals surface area contributed by atoms with Crippen LogP contribution in [0.4, 0.5) is 0 Å². The van der Waals surface area contributed by atoms with Gasteiger partial charge in [0.2, 0.25) is 5.91 Å². The van der Waals surface area contributed by atoms with Crippen LogP contribution in [0.5, 0.6) is 0 Å². The first-order chi connectivity index (χ1) is 15.9. The summed E-state index contributed by atoms with van der Waals surface area (Å²) in [6.07, 6.45) is 4.47. The third-order valence-corrected chi connectivity index (χ3v) is 8.41. The first-order valence-corrected chi connectivity index (χ1v) is 12.7. The number of hydrogen-bond acceptors (Lipinski definition) is 4. The zero-order valence-corrected chi connectivity index (χ0v) is 20.2. The summed E-state index contributed by atoms with van der Waals surface area (Å²) in [4.78, 5) is 32.5. The Balaban J connectivity index is 1.36. The fourth-order valence-electron chi connectivity index (χ4n) is 5.65. The third kappa shape index (κ3) is 4.31. The van der Waals surface area contributed by atoms with E-state index in [9.17, 15) is 14.7 Å². The molecule has 3 aromatic rings. The van der Waals surface area contributed by atoms with E-state index in [0.29, 0.717) is 31.7 Å². The zero-order valence-electron chi connectivity index (χ0n) is 19.3. The van der Waals surface area contributed by atoms with Crippen molar-refractivity contribution in [3.8, 4) is 0 Å². The minimum absolute atomic E-state index is 0.205. The first-order valence-electron chi connectivity index (χ1n) is 11.9. The van der Waals surface area contributed by atoms with Crippen LogP contribution in [0.2, 0.25) is 0 Å². The lowest BCUT2D eigenvalue weighted by molar-refractivity contribution is -0.143. The lowest BCUT2D eigenvalue weighted by atomic mass is 9.80. The van der Waals surface area contributed by atoms with E-state index >= 15 is 0 Å². The molecule has 1 amide bonds. The fraction of sp³-hybridized carbons (Fsp3) is 0.500. The summed E-state index contributed by atoms with van der Waals surface area (Å²) < 4.78 is 2.36. The van der Waals surface area contributed by atoms with Crippen LogP contribution in [0.15, 0.2) is 24.3 Å². The van der Waals surface area contributed by atoms with Crippen molar-refractivity contribution in [3.05, 3.63) is 51.1 Å². The van der Waals surface area contributed by atoms with Crippen LogP contribution in [0.1, 0.15) is 58.9 Å². The summed E-state index contributed by atoms with van der Waals surface area (Å²) in [5.74, 6) is -0.415. The monoisotopic (exact) mass is 465 g/mol. The molecule has 7 heteroatoms. The number of hydrogen-bond donors (Lipinski definition) is 1. The summed E-state index contributed by atoms with van der Waals surface area (Å²) in [6, 6.07) is 8.55. The zero-order chi connectivity index (χ0) is 23.1. The molecule has 174 valence electrons. The van der Waals surface area contributed by atoms with Gasteiger partial charge in [-0.3, -0.25) is 9.59 Å². The molecule has 6 nitrogen and oxygen atoms in total. The molecule has 0 spiro atoms. The average Bonchev–Trinajstić information content (AvgIpc) is 3.30. The molecule has 33 heavy (non-hydrogen) atoms. The SMILES string of the molecule is Cc1nc(Cn2c3c(c4ccccc42)CCN(C(=O)CC2CCC(C(=O)O)CC2)C3)c(C)s1. The van der Waals surface area contributed by atoms with Crippen LogP contribution in [0.3, 0.4) is 0 Å². The Morgan fingerprint density at radius 3 is 2.61 bits per heavy atom. The summed E-state index contributed by atoms with van der Waals surface area (Å²) >= 11 is 1.73. The van der Waals surface area contributed by atoms with Gasteiger partial charge >= 0.3 is 5.97 Å². The third-order valence-electron chi connectivity index (χ3n) is 7.49. The molecule has 1 aliphatic carbocycles. The van der Waals surface area contributed by atoms with Crippen molar-refractivity contribution >= 4 is 34.1 Å². The molecule has 0 unspecified atom stereocenters. The van der Waals surface area contributed by atoms with E-state index in [0.717, 1.165) is 43.1 Å². The summed E-state index contributed by atoms with van der Waals surface area (Å²) in [5.41, 5.74) is 4.92. The minimum Gasteiger partial charge on any atom is -0.481 e.